The Labute approximate surface area is 185 Å². The van der Waals surface area contributed by atoms with Crippen molar-refractivity contribution >= 4 is 45.6 Å². The highest BCUT2D eigenvalue weighted by molar-refractivity contribution is 9.10. The van der Waals surface area contributed by atoms with E-state index >= 15 is 0 Å². The Morgan fingerprint density at radius 1 is 1.10 bits per heavy atom. The summed E-state index contributed by atoms with van der Waals surface area (Å²) in [6.07, 6.45) is 1.81. The van der Waals surface area contributed by atoms with Gasteiger partial charge in [0, 0.05) is 4.47 Å². The van der Waals surface area contributed by atoms with E-state index in [1.54, 1.807) is 18.2 Å². The average molecular weight is 482 g/mol. The van der Waals surface area contributed by atoms with E-state index in [1.807, 2.05) is 26.0 Å². The first-order valence-electron chi connectivity index (χ1n) is 9.55. The second-order valence-electron chi connectivity index (χ2n) is 6.97. The van der Waals surface area contributed by atoms with Crippen molar-refractivity contribution in [3.63, 3.8) is 0 Å². The number of amides is 1. The number of carbonyl (C=O) groups is 4. The molecule has 0 aliphatic rings. The summed E-state index contributed by atoms with van der Waals surface area (Å²) in [4.78, 5) is 50.7. The topological polar surface area (TPSA) is 90.0 Å². The van der Waals surface area contributed by atoms with Gasteiger partial charge in [0.1, 0.15) is 11.8 Å². The molecule has 0 aliphatic heterocycles. The van der Waals surface area contributed by atoms with Crippen LogP contribution >= 0.6 is 15.9 Å². The smallest absolute Gasteiger partial charge is 0.335 e. The van der Waals surface area contributed by atoms with E-state index in [4.69, 9.17) is 9.47 Å². The number of halogens is 1. The maximum atomic E-state index is 12.9. The van der Waals surface area contributed by atoms with Gasteiger partial charge in [-0.2, -0.15) is 0 Å². The van der Waals surface area contributed by atoms with Crippen molar-refractivity contribution < 1.29 is 28.7 Å². The number of Topliss-reactive ketones (excluding diaryl/α,β-unsaturated/α-hetero) is 1. The molecule has 0 N–H and O–H groups in total. The van der Waals surface area contributed by atoms with Crippen LogP contribution in [0.2, 0.25) is 0 Å². The normalized spacial score (nSPS) is 13.2. The third-order valence-electron chi connectivity index (χ3n) is 4.68. The van der Waals surface area contributed by atoms with Crippen molar-refractivity contribution in [2.75, 3.05) is 20.8 Å². The van der Waals surface area contributed by atoms with E-state index in [1.165, 1.54) is 26.0 Å². The lowest BCUT2D eigenvalue weighted by molar-refractivity contribution is -0.156. The molecule has 0 heterocycles. The van der Waals surface area contributed by atoms with Gasteiger partial charge < -0.3 is 14.4 Å². The van der Waals surface area contributed by atoms with Crippen molar-refractivity contribution in [1.29, 1.82) is 0 Å². The van der Waals surface area contributed by atoms with Crippen LogP contribution in [0.25, 0.3) is 6.08 Å². The van der Waals surface area contributed by atoms with Gasteiger partial charge in [-0.25, -0.2) is 9.59 Å². The summed E-state index contributed by atoms with van der Waals surface area (Å²) in [6, 6.07) is 6.28. The monoisotopic (exact) mass is 481 g/mol. The van der Waals surface area contributed by atoms with Crippen LogP contribution in [0.5, 0.6) is 0 Å². The number of carbonyl (C=O) groups excluding carboxylic acids is 4. The molecule has 2 unspecified atom stereocenters. The largest absolute Gasteiger partial charge is 0.467 e. The minimum absolute atomic E-state index is 0.175. The van der Waals surface area contributed by atoms with E-state index in [0.29, 0.717) is 6.42 Å². The molecule has 164 valence electrons. The summed E-state index contributed by atoms with van der Waals surface area (Å²) in [6.45, 7) is 4.79. The minimum Gasteiger partial charge on any atom is -0.467 e. The van der Waals surface area contributed by atoms with Crippen LogP contribution in [0.4, 0.5) is 0 Å². The quantitative estimate of drug-likeness (QED) is 0.289. The summed E-state index contributed by atoms with van der Waals surface area (Å²) in [5.74, 6) is -2.38. The first-order valence-corrected chi connectivity index (χ1v) is 10.3. The number of hydrogen-bond donors (Lipinski definition) is 0. The van der Waals surface area contributed by atoms with Gasteiger partial charge in [0.05, 0.1) is 32.8 Å². The molecule has 1 amide bonds. The van der Waals surface area contributed by atoms with Gasteiger partial charge in [-0.1, -0.05) is 48.3 Å². The fourth-order valence-electron chi connectivity index (χ4n) is 2.91. The number of ether oxygens (including phenoxy) is 2. The van der Waals surface area contributed by atoms with Gasteiger partial charge >= 0.3 is 11.9 Å². The Morgan fingerprint density at radius 2 is 1.70 bits per heavy atom. The molecule has 0 spiro atoms. The molecule has 0 fully saturated rings. The third-order valence-corrected chi connectivity index (χ3v) is 5.21. The predicted molar refractivity (Wildman–Crippen MR) is 116 cm³/mol. The number of rotatable bonds is 10. The molecule has 0 aromatic heterocycles. The van der Waals surface area contributed by atoms with E-state index in [-0.39, 0.29) is 30.2 Å². The second-order valence-corrected chi connectivity index (χ2v) is 7.88. The Bertz CT molecular complexity index is 802. The van der Waals surface area contributed by atoms with Crippen molar-refractivity contribution in [1.82, 2.24) is 4.90 Å². The average Bonchev–Trinajstić information content (AvgIpc) is 2.72. The molecule has 0 radical (unpaired) electrons. The SMILES string of the molecule is CCC(C)C(C(=O)OC)N(C/C(=C\c1ccc(Br)cc1)C(=O)OC)C(=O)CC(C)=O. The summed E-state index contributed by atoms with van der Waals surface area (Å²) in [5, 5.41) is 0. The molecule has 8 heteroatoms. The van der Waals surface area contributed by atoms with E-state index in [2.05, 4.69) is 15.9 Å². The molecule has 30 heavy (non-hydrogen) atoms. The number of hydrogen-bond acceptors (Lipinski definition) is 6. The summed E-state index contributed by atoms with van der Waals surface area (Å²) in [7, 11) is 2.48. The molecular formula is C22H28BrNO6. The zero-order chi connectivity index (χ0) is 22.8. The molecule has 1 rings (SSSR count). The van der Waals surface area contributed by atoms with Gasteiger partial charge in [0.25, 0.3) is 0 Å². The van der Waals surface area contributed by atoms with Crippen LogP contribution < -0.4 is 0 Å². The predicted octanol–water partition coefficient (Wildman–Crippen LogP) is 3.40. The van der Waals surface area contributed by atoms with Crippen molar-refractivity contribution in [3.8, 4) is 0 Å². The van der Waals surface area contributed by atoms with Crippen LogP contribution in [-0.4, -0.2) is 55.3 Å². The molecule has 7 nitrogen and oxygen atoms in total. The number of esters is 2. The maximum absolute atomic E-state index is 12.9. The lowest BCUT2D eigenvalue weighted by Crippen LogP contribution is -2.50. The molecule has 2 atom stereocenters. The maximum Gasteiger partial charge on any atom is 0.335 e. The Balaban J connectivity index is 3.45. The first-order chi connectivity index (χ1) is 14.1. The highest BCUT2D eigenvalue weighted by atomic mass is 79.9. The zero-order valence-electron chi connectivity index (χ0n) is 17.9. The highest BCUT2D eigenvalue weighted by Crippen LogP contribution is 2.21. The summed E-state index contributed by atoms with van der Waals surface area (Å²) < 4.78 is 10.7. The van der Waals surface area contributed by atoms with Gasteiger partial charge in [-0.05, 0) is 36.6 Å². The van der Waals surface area contributed by atoms with Gasteiger partial charge in [0.15, 0.2) is 0 Å². The number of nitrogens with zero attached hydrogens (tertiary/aromatic N) is 1. The van der Waals surface area contributed by atoms with Crippen molar-refractivity contribution in [2.45, 2.75) is 39.7 Å². The van der Waals surface area contributed by atoms with Gasteiger partial charge in [-0.3, -0.25) is 9.59 Å². The Kier molecular flexibility index (Phi) is 10.5. The third kappa shape index (κ3) is 7.40. The molecule has 0 aliphatic carbocycles. The fourth-order valence-corrected chi connectivity index (χ4v) is 3.18. The minimum atomic E-state index is -0.940. The van der Waals surface area contributed by atoms with Gasteiger partial charge in [-0.15, -0.1) is 0 Å². The van der Waals surface area contributed by atoms with Crippen LogP contribution in [0.1, 0.15) is 39.2 Å². The standard InChI is InChI=1S/C22H28BrNO6/c1-6-14(2)20(22(28)30-5)24(19(26)11-15(3)25)13-17(21(27)29-4)12-16-7-9-18(23)10-8-16/h7-10,12,14,20H,6,11,13H2,1-5H3/b17-12+. The highest BCUT2D eigenvalue weighted by Gasteiger charge is 2.36. The molecular weight excluding hydrogens is 454 g/mol. The molecule has 1 aromatic carbocycles. The molecule has 0 bridgehead atoms. The van der Waals surface area contributed by atoms with Crippen LogP contribution in [0.15, 0.2) is 34.3 Å². The van der Waals surface area contributed by atoms with Crippen LogP contribution in [0.3, 0.4) is 0 Å². The lowest BCUT2D eigenvalue weighted by Gasteiger charge is -2.33. The Hall–Kier alpha value is -2.48. The molecule has 1 aromatic rings. The molecule has 0 saturated heterocycles. The van der Waals surface area contributed by atoms with E-state index in [9.17, 15) is 19.2 Å². The second kappa shape index (κ2) is 12.3. The van der Waals surface area contributed by atoms with Crippen LogP contribution in [0, 0.1) is 5.92 Å². The zero-order valence-corrected chi connectivity index (χ0v) is 19.5. The summed E-state index contributed by atoms with van der Waals surface area (Å²) >= 11 is 3.35. The number of ketones is 1. The number of benzene rings is 1. The Morgan fingerprint density at radius 3 is 2.17 bits per heavy atom. The van der Waals surface area contributed by atoms with Crippen molar-refractivity contribution in [3.05, 3.63) is 39.9 Å². The fraction of sp³-hybridized carbons (Fsp3) is 0.455. The van der Waals surface area contributed by atoms with E-state index in [0.717, 1.165) is 10.0 Å². The summed E-state index contributed by atoms with van der Waals surface area (Å²) in [5.41, 5.74) is 0.893. The van der Waals surface area contributed by atoms with Gasteiger partial charge in [0.2, 0.25) is 5.91 Å². The van der Waals surface area contributed by atoms with Crippen molar-refractivity contribution in [2.24, 2.45) is 5.92 Å². The molecule has 0 saturated carbocycles. The van der Waals surface area contributed by atoms with E-state index < -0.39 is 23.9 Å². The lowest BCUT2D eigenvalue weighted by atomic mass is 9.96. The van der Waals surface area contributed by atoms with Crippen LogP contribution in [-0.2, 0) is 28.7 Å². The first kappa shape index (κ1) is 25.6. The number of methoxy groups -OCH3 is 2.